The predicted molar refractivity (Wildman–Crippen MR) is 154 cm³/mol. The zero-order valence-corrected chi connectivity index (χ0v) is 23.1. The summed E-state index contributed by atoms with van der Waals surface area (Å²) >= 11 is 0. The molecule has 1 N–H and O–H groups in total. The van der Waals surface area contributed by atoms with Gasteiger partial charge in [-0.25, -0.2) is 8.91 Å². The van der Waals surface area contributed by atoms with Gasteiger partial charge in [0.15, 0.2) is 0 Å². The Hall–Kier alpha value is -4.17. The fourth-order valence-electron chi connectivity index (χ4n) is 5.41. The van der Waals surface area contributed by atoms with Crippen molar-refractivity contribution in [3.8, 4) is 28.1 Å². The number of ether oxygens (including phenoxy) is 2. The topological polar surface area (TPSA) is 76.3 Å². The molecule has 2 aromatic heterocycles. The number of phenols is 1. The second-order valence-corrected chi connectivity index (χ2v) is 10.5. The minimum atomic E-state index is -0.492. The highest BCUT2D eigenvalue weighted by Gasteiger charge is 2.33. The first kappa shape index (κ1) is 27.4. The monoisotopic (exact) mass is 543 g/mol. The summed E-state index contributed by atoms with van der Waals surface area (Å²) in [5.74, 6) is -0.906. The lowest BCUT2D eigenvalue weighted by Gasteiger charge is -2.41. The fourth-order valence-corrected chi connectivity index (χ4v) is 5.41. The number of aromatic nitrogens is 2. The van der Waals surface area contributed by atoms with Crippen molar-refractivity contribution >= 4 is 17.2 Å². The summed E-state index contributed by atoms with van der Waals surface area (Å²) in [6.45, 7) is 9.94. The summed E-state index contributed by atoms with van der Waals surface area (Å²) in [5.41, 5.74) is 6.40. The minimum Gasteiger partial charge on any atom is -0.507 e. The van der Waals surface area contributed by atoms with Crippen LogP contribution in [0.5, 0.6) is 5.75 Å². The molecule has 0 spiro atoms. The second-order valence-electron chi connectivity index (χ2n) is 10.5. The minimum absolute atomic E-state index is 0.119. The molecule has 8 heteroatoms. The van der Waals surface area contributed by atoms with E-state index in [9.17, 15) is 14.3 Å². The molecule has 1 aliphatic heterocycles. The molecular formula is C32H34FN3O4. The van der Waals surface area contributed by atoms with Gasteiger partial charge < -0.3 is 19.5 Å². The van der Waals surface area contributed by atoms with Crippen LogP contribution in [0.15, 0.2) is 67.4 Å². The molecule has 1 fully saturated rings. The van der Waals surface area contributed by atoms with Crippen LogP contribution in [0.4, 0.5) is 10.1 Å². The normalized spacial score (nSPS) is 14.8. The number of halogens is 1. The highest BCUT2D eigenvalue weighted by Crippen LogP contribution is 2.38. The molecule has 0 bridgehead atoms. The van der Waals surface area contributed by atoms with Crippen LogP contribution < -0.4 is 4.90 Å². The van der Waals surface area contributed by atoms with Gasteiger partial charge in [-0.1, -0.05) is 24.3 Å². The number of esters is 1. The summed E-state index contributed by atoms with van der Waals surface area (Å²) < 4.78 is 26.5. The van der Waals surface area contributed by atoms with E-state index in [4.69, 9.17) is 14.6 Å². The van der Waals surface area contributed by atoms with Gasteiger partial charge in [-0.15, -0.1) is 6.58 Å². The van der Waals surface area contributed by atoms with Gasteiger partial charge in [-0.2, -0.15) is 5.10 Å². The van der Waals surface area contributed by atoms with E-state index in [-0.39, 0.29) is 23.7 Å². The predicted octanol–water partition coefficient (Wildman–Crippen LogP) is 6.10. The van der Waals surface area contributed by atoms with Gasteiger partial charge in [0, 0.05) is 36.5 Å². The molecule has 1 aliphatic rings. The Bertz CT molecular complexity index is 1570. The van der Waals surface area contributed by atoms with Crippen molar-refractivity contribution in [2.45, 2.75) is 38.7 Å². The van der Waals surface area contributed by atoms with Crippen molar-refractivity contribution in [1.29, 1.82) is 0 Å². The van der Waals surface area contributed by atoms with Crippen LogP contribution in [0.2, 0.25) is 0 Å². The van der Waals surface area contributed by atoms with Crippen molar-refractivity contribution in [2.75, 3.05) is 31.7 Å². The molecule has 0 saturated carbocycles. The lowest BCUT2D eigenvalue weighted by Crippen LogP contribution is -2.45. The number of anilines is 1. The molecule has 5 rings (SSSR count). The van der Waals surface area contributed by atoms with E-state index in [1.165, 1.54) is 13.2 Å². The van der Waals surface area contributed by atoms with Crippen molar-refractivity contribution in [3.63, 3.8) is 0 Å². The Labute approximate surface area is 233 Å². The van der Waals surface area contributed by atoms with E-state index >= 15 is 0 Å². The molecule has 208 valence electrons. The smallest absolute Gasteiger partial charge is 0.310 e. The SMILES string of the molecule is C=CCOC1(C)CCN(c2c(CC(=O)OC)c(C)cn3nc(-c4cccc(-c5ccc(F)cc5O)c4)cc23)CC1. The number of carbonyl (C=O) groups excluding carboxylic acids is 1. The zero-order chi connectivity index (χ0) is 28.4. The van der Waals surface area contributed by atoms with Crippen molar-refractivity contribution in [1.82, 2.24) is 9.61 Å². The largest absolute Gasteiger partial charge is 0.507 e. The molecule has 0 aliphatic carbocycles. The number of aromatic hydroxyl groups is 1. The Morgan fingerprint density at radius 3 is 2.62 bits per heavy atom. The number of methoxy groups -OCH3 is 1. The van der Waals surface area contributed by atoms with E-state index in [0.29, 0.717) is 12.2 Å². The highest BCUT2D eigenvalue weighted by molar-refractivity contribution is 5.86. The van der Waals surface area contributed by atoms with Crippen LogP contribution in [-0.2, 0) is 20.7 Å². The van der Waals surface area contributed by atoms with Gasteiger partial charge in [-0.05, 0) is 67.6 Å². The van der Waals surface area contributed by atoms with E-state index in [0.717, 1.165) is 71.1 Å². The van der Waals surface area contributed by atoms with Crippen LogP contribution in [0.3, 0.4) is 0 Å². The highest BCUT2D eigenvalue weighted by atomic mass is 19.1. The molecule has 2 aromatic carbocycles. The second kappa shape index (κ2) is 11.1. The van der Waals surface area contributed by atoms with Crippen LogP contribution in [0, 0.1) is 12.7 Å². The molecule has 40 heavy (non-hydrogen) atoms. The van der Waals surface area contributed by atoms with Gasteiger partial charge in [0.1, 0.15) is 11.6 Å². The lowest BCUT2D eigenvalue weighted by molar-refractivity contribution is -0.139. The molecule has 0 amide bonds. The summed E-state index contributed by atoms with van der Waals surface area (Å²) in [4.78, 5) is 14.8. The van der Waals surface area contributed by atoms with Crippen LogP contribution in [0.25, 0.3) is 27.9 Å². The van der Waals surface area contributed by atoms with E-state index in [1.807, 2.05) is 48.0 Å². The molecule has 7 nitrogen and oxygen atoms in total. The number of rotatable bonds is 8. The summed E-state index contributed by atoms with van der Waals surface area (Å²) in [6, 6.07) is 13.7. The van der Waals surface area contributed by atoms with Gasteiger partial charge in [0.25, 0.3) is 0 Å². The third-order valence-corrected chi connectivity index (χ3v) is 7.72. The Morgan fingerprint density at radius 2 is 1.93 bits per heavy atom. The maximum Gasteiger partial charge on any atom is 0.310 e. The molecular weight excluding hydrogens is 509 g/mol. The molecule has 0 unspecified atom stereocenters. The van der Waals surface area contributed by atoms with E-state index < -0.39 is 5.82 Å². The number of hydrogen-bond donors (Lipinski definition) is 1. The summed E-state index contributed by atoms with van der Waals surface area (Å²) in [7, 11) is 1.40. The average molecular weight is 544 g/mol. The number of benzene rings is 2. The molecule has 0 radical (unpaired) electrons. The Morgan fingerprint density at radius 1 is 1.18 bits per heavy atom. The lowest BCUT2D eigenvalue weighted by atomic mass is 9.92. The first-order valence-corrected chi connectivity index (χ1v) is 13.4. The van der Waals surface area contributed by atoms with Crippen LogP contribution in [-0.4, -0.2) is 53.1 Å². The number of nitrogens with zero attached hydrogens (tertiary/aromatic N) is 3. The molecule has 1 saturated heterocycles. The standard InChI is InChI=1S/C32H34FN3O4/c1-5-15-40-32(3)11-13-35(14-12-32)31-26(18-30(38)39-4)21(2)20-36-28(31)19-27(34-36)23-8-6-7-22(16-23)25-10-9-24(33)17-29(25)37/h5-10,16-17,19-20,37H,1,11-15,18H2,2-4H3. The molecule has 0 atom stereocenters. The number of phenolic OH excluding ortho intramolecular Hbond substituents is 1. The number of carbonyl (C=O) groups is 1. The van der Waals surface area contributed by atoms with Crippen molar-refractivity contribution in [3.05, 3.63) is 84.3 Å². The first-order chi connectivity index (χ1) is 19.2. The van der Waals surface area contributed by atoms with E-state index in [1.54, 1.807) is 12.1 Å². The first-order valence-electron chi connectivity index (χ1n) is 13.4. The maximum absolute atomic E-state index is 13.6. The van der Waals surface area contributed by atoms with Gasteiger partial charge in [0.2, 0.25) is 0 Å². The van der Waals surface area contributed by atoms with Crippen molar-refractivity contribution in [2.24, 2.45) is 0 Å². The van der Waals surface area contributed by atoms with Gasteiger partial charge >= 0.3 is 5.97 Å². The molecule has 3 heterocycles. The third-order valence-electron chi connectivity index (χ3n) is 7.72. The molecule has 4 aromatic rings. The van der Waals surface area contributed by atoms with E-state index in [2.05, 4.69) is 18.4 Å². The average Bonchev–Trinajstić information content (AvgIpc) is 3.36. The van der Waals surface area contributed by atoms with Crippen molar-refractivity contribution < 1.29 is 23.8 Å². The number of hydrogen-bond acceptors (Lipinski definition) is 6. The third kappa shape index (κ3) is 5.45. The Balaban J connectivity index is 1.57. The number of aryl methyl sites for hydroxylation is 1. The number of fused-ring (bicyclic) bond motifs is 1. The summed E-state index contributed by atoms with van der Waals surface area (Å²) in [6.07, 6.45) is 5.55. The number of piperidine rings is 1. The summed E-state index contributed by atoms with van der Waals surface area (Å²) in [5, 5.41) is 15.2. The van der Waals surface area contributed by atoms with Gasteiger partial charge in [0.05, 0.1) is 42.6 Å². The van der Waals surface area contributed by atoms with Gasteiger partial charge in [-0.3, -0.25) is 4.79 Å². The fraction of sp³-hybridized carbons (Fsp3) is 0.312. The maximum atomic E-state index is 13.6. The number of pyridine rings is 1. The van der Waals surface area contributed by atoms with Crippen LogP contribution >= 0.6 is 0 Å². The Kier molecular flexibility index (Phi) is 7.63. The van der Waals surface area contributed by atoms with Crippen LogP contribution in [0.1, 0.15) is 30.9 Å². The quantitative estimate of drug-likeness (QED) is 0.214. The zero-order valence-electron chi connectivity index (χ0n) is 23.1.